The number of nitrogens with zero attached hydrogens (tertiary/aromatic N) is 1. The SMILES string of the molecule is Cc1c(Cl)cccc1-c1onc(N)c1Br. The molecule has 1 aromatic heterocycles. The fourth-order valence-corrected chi connectivity index (χ4v) is 1.85. The number of aromatic nitrogens is 1. The van der Waals surface area contributed by atoms with E-state index in [0.29, 0.717) is 21.1 Å². The summed E-state index contributed by atoms with van der Waals surface area (Å²) >= 11 is 9.34. The Hall–Kier alpha value is -1.00. The number of rotatable bonds is 1. The molecule has 0 saturated heterocycles. The zero-order valence-corrected chi connectivity index (χ0v) is 10.3. The van der Waals surface area contributed by atoms with Crippen LogP contribution in [0.25, 0.3) is 11.3 Å². The van der Waals surface area contributed by atoms with Gasteiger partial charge in [0.05, 0.1) is 0 Å². The summed E-state index contributed by atoms with van der Waals surface area (Å²) in [5, 5.41) is 4.37. The lowest BCUT2D eigenvalue weighted by atomic mass is 10.1. The fraction of sp³-hybridized carbons (Fsp3) is 0.100. The van der Waals surface area contributed by atoms with E-state index in [2.05, 4.69) is 21.1 Å². The quantitative estimate of drug-likeness (QED) is 0.871. The maximum Gasteiger partial charge on any atom is 0.183 e. The summed E-state index contributed by atoms with van der Waals surface area (Å²) in [5.41, 5.74) is 7.41. The molecule has 2 aromatic rings. The average molecular weight is 288 g/mol. The second-order valence-electron chi connectivity index (χ2n) is 3.12. The van der Waals surface area contributed by atoms with Crippen LogP contribution in [0.1, 0.15) is 5.56 Å². The van der Waals surface area contributed by atoms with Crippen LogP contribution < -0.4 is 5.73 Å². The molecule has 0 aliphatic rings. The second kappa shape index (κ2) is 3.87. The molecule has 0 radical (unpaired) electrons. The summed E-state index contributed by atoms with van der Waals surface area (Å²) < 4.78 is 5.80. The Balaban J connectivity index is 2.64. The van der Waals surface area contributed by atoms with Crippen molar-refractivity contribution in [1.29, 1.82) is 0 Å². The molecule has 0 atom stereocenters. The minimum atomic E-state index is 0.337. The van der Waals surface area contributed by atoms with E-state index in [0.717, 1.165) is 11.1 Å². The first-order valence-electron chi connectivity index (χ1n) is 4.27. The van der Waals surface area contributed by atoms with Crippen LogP contribution in [0.5, 0.6) is 0 Å². The third-order valence-corrected chi connectivity index (χ3v) is 3.35. The zero-order chi connectivity index (χ0) is 11.0. The first kappa shape index (κ1) is 10.5. The fourth-order valence-electron chi connectivity index (χ4n) is 1.31. The lowest BCUT2D eigenvalue weighted by molar-refractivity contribution is 0.435. The summed E-state index contributed by atoms with van der Waals surface area (Å²) in [4.78, 5) is 0. The van der Waals surface area contributed by atoms with Crippen LogP contribution in [-0.4, -0.2) is 5.16 Å². The summed E-state index contributed by atoms with van der Waals surface area (Å²) in [6.07, 6.45) is 0. The van der Waals surface area contributed by atoms with E-state index >= 15 is 0 Å². The molecule has 2 rings (SSSR count). The van der Waals surface area contributed by atoms with Crippen molar-refractivity contribution in [3.8, 4) is 11.3 Å². The van der Waals surface area contributed by atoms with Gasteiger partial charge < -0.3 is 10.3 Å². The zero-order valence-electron chi connectivity index (χ0n) is 7.92. The topological polar surface area (TPSA) is 52.0 Å². The third kappa shape index (κ3) is 1.75. The van der Waals surface area contributed by atoms with Gasteiger partial charge in [0.1, 0.15) is 4.47 Å². The normalized spacial score (nSPS) is 10.6. The summed E-state index contributed by atoms with van der Waals surface area (Å²) in [5.74, 6) is 0.942. The standard InChI is InChI=1S/C10H8BrClN2O/c1-5-6(3-2-4-7(5)12)9-8(11)10(13)14-15-9/h2-4H,1H3,(H2,13,14). The minimum absolute atomic E-state index is 0.337. The number of anilines is 1. The molecule has 1 aromatic carbocycles. The molecule has 0 bridgehead atoms. The van der Waals surface area contributed by atoms with Crippen LogP contribution in [0, 0.1) is 6.92 Å². The molecule has 0 fully saturated rings. The average Bonchev–Trinajstić information content (AvgIpc) is 2.53. The highest BCUT2D eigenvalue weighted by Crippen LogP contribution is 2.36. The van der Waals surface area contributed by atoms with E-state index in [-0.39, 0.29) is 0 Å². The number of hydrogen-bond acceptors (Lipinski definition) is 3. The molecule has 0 saturated carbocycles. The van der Waals surface area contributed by atoms with Gasteiger partial charge in [0.25, 0.3) is 0 Å². The summed E-state index contributed by atoms with van der Waals surface area (Å²) in [6.45, 7) is 1.92. The molecule has 5 heteroatoms. The number of benzene rings is 1. The van der Waals surface area contributed by atoms with Crippen molar-refractivity contribution in [3.63, 3.8) is 0 Å². The molecule has 0 aliphatic heterocycles. The Morgan fingerprint density at radius 2 is 2.20 bits per heavy atom. The molecule has 1 heterocycles. The van der Waals surface area contributed by atoms with Crippen LogP contribution in [0.2, 0.25) is 5.02 Å². The molecule has 3 nitrogen and oxygen atoms in total. The van der Waals surface area contributed by atoms with Gasteiger partial charge in [0, 0.05) is 10.6 Å². The predicted molar refractivity (Wildman–Crippen MR) is 63.8 cm³/mol. The Bertz CT molecular complexity index is 510. The third-order valence-electron chi connectivity index (χ3n) is 2.17. The van der Waals surface area contributed by atoms with Gasteiger partial charge in [0.15, 0.2) is 11.6 Å². The monoisotopic (exact) mass is 286 g/mol. The van der Waals surface area contributed by atoms with E-state index in [4.69, 9.17) is 21.9 Å². The van der Waals surface area contributed by atoms with E-state index in [9.17, 15) is 0 Å². The predicted octanol–water partition coefficient (Wildman–Crippen LogP) is 3.65. The highest BCUT2D eigenvalue weighted by atomic mass is 79.9. The second-order valence-corrected chi connectivity index (χ2v) is 4.32. The number of hydrogen-bond donors (Lipinski definition) is 1. The van der Waals surface area contributed by atoms with Crippen molar-refractivity contribution in [2.75, 3.05) is 5.73 Å². The van der Waals surface area contributed by atoms with Crippen molar-refractivity contribution in [1.82, 2.24) is 5.16 Å². The molecule has 0 unspecified atom stereocenters. The van der Waals surface area contributed by atoms with E-state index in [1.807, 2.05) is 25.1 Å². The smallest absolute Gasteiger partial charge is 0.183 e. The summed E-state index contributed by atoms with van der Waals surface area (Å²) in [6, 6.07) is 5.59. The highest BCUT2D eigenvalue weighted by molar-refractivity contribution is 9.10. The Labute approximate surface area is 100 Å². The van der Waals surface area contributed by atoms with Crippen LogP contribution in [0.3, 0.4) is 0 Å². The lowest BCUT2D eigenvalue weighted by Crippen LogP contribution is -1.85. The van der Waals surface area contributed by atoms with Gasteiger partial charge in [-0.1, -0.05) is 28.9 Å². The van der Waals surface area contributed by atoms with Gasteiger partial charge in [-0.15, -0.1) is 0 Å². The van der Waals surface area contributed by atoms with Gasteiger partial charge in [-0.3, -0.25) is 0 Å². The van der Waals surface area contributed by atoms with Crippen molar-refractivity contribution < 1.29 is 4.52 Å². The largest absolute Gasteiger partial charge is 0.380 e. The van der Waals surface area contributed by atoms with E-state index < -0.39 is 0 Å². The van der Waals surface area contributed by atoms with Crippen LogP contribution >= 0.6 is 27.5 Å². The van der Waals surface area contributed by atoms with Crippen molar-refractivity contribution >= 4 is 33.3 Å². The molecule has 15 heavy (non-hydrogen) atoms. The van der Waals surface area contributed by atoms with E-state index in [1.54, 1.807) is 0 Å². The number of nitrogen functional groups attached to an aromatic ring is 1. The molecular weight excluding hydrogens is 279 g/mol. The molecule has 0 spiro atoms. The Morgan fingerprint density at radius 1 is 1.47 bits per heavy atom. The first-order chi connectivity index (χ1) is 7.11. The van der Waals surface area contributed by atoms with Gasteiger partial charge >= 0.3 is 0 Å². The maximum atomic E-state index is 6.01. The maximum absolute atomic E-state index is 6.01. The molecule has 0 aliphatic carbocycles. The van der Waals surface area contributed by atoms with Gasteiger partial charge in [-0.2, -0.15) is 0 Å². The number of halogens is 2. The summed E-state index contributed by atoms with van der Waals surface area (Å²) in [7, 11) is 0. The minimum Gasteiger partial charge on any atom is -0.380 e. The molecule has 78 valence electrons. The van der Waals surface area contributed by atoms with Crippen molar-refractivity contribution in [3.05, 3.63) is 33.3 Å². The Morgan fingerprint density at radius 3 is 2.80 bits per heavy atom. The van der Waals surface area contributed by atoms with Crippen LogP contribution in [-0.2, 0) is 0 Å². The molecular formula is C10H8BrClN2O. The van der Waals surface area contributed by atoms with Crippen LogP contribution in [0.15, 0.2) is 27.2 Å². The van der Waals surface area contributed by atoms with Gasteiger partial charge in [-0.05, 0) is 34.5 Å². The van der Waals surface area contributed by atoms with E-state index in [1.165, 1.54) is 0 Å². The van der Waals surface area contributed by atoms with Gasteiger partial charge in [0.2, 0.25) is 0 Å². The van der Waals surface area contributed by atoms with Crippen molar-refractivity contribution in [2.45, 2.75) is 6.92 Å². The van der Waals surface area contributed by atoms with Gasteiger partial charge in [-0.25, -0.2) is 0 Å². The first-order valence-corrected chi connectivity index (χ1v) is 5.44. The Kier molecular flexibility index (Phi) is 2.71. The van der Waals surface area contributed by atoms with Crippen LogP contribution in [0.4, 0.5) is 5.82 Å². The lowest BCUT2D eigenvalue weighted by Gasteiger charge is -2.03. The van der Waals surface area contributed by atoms with Crippen molar-refractivity contribution in [2.24, 2.45) is 0 Å². The highest BCUT2D eigenvalue weighted by Gasteiger charge is 2.15. The number of nitrogens with two attached hydrogens (primary N) is 1. The molecule has 0 amide bonds. The molecule has 2 N–H and O–H groups in total.